The first kappa shape index (κ1) is 11.5. The van der Waals surface area contributed by atoms with E-state index in [0.29, 0.717) is 5.75 Å². The molecule has 0 saturated heterocycles. The number of hydrogen-bond acceptors (Lipinski definition) is 3. The van der Waals surface area contributed by atoms with Crippen LogP contribution >= 0.6 is 0 Å². The average Bonchev–Trinajstić information content (AvgIpc) is 2.46. The summed E-state index contributed by atoms with van der Waals surface area (Å²) in [6, 6.07) is 18.1. The standard InChI is InChI=1S/C16H11BO3/c18-17(19)20-14-9-7-12-5-4-10-2-1-3-11-6-8-13(14)16(12)15(10)11/h1-9,18-19H. The van der Waals surface area contributed by atoms with Gasteiger partial charge in [0.05, 0.1) is 0 Å². The second-order valence-electron chi connectivity index (χ2n) is 4.86. The minimum absolute atomic E-state index is 0.478. The van der Waals surface area contributed by atoms with E-state index in [1.54, 1.807) is 6.07 Å². The fourth-order valence-electron chi connectivity index (χ4n) is 2.92. The maximum atomic E-state index is 9.04. The Morgan fingerprint density at radius 3 is 2.00 bits per heavy atom. The van der Waals surface area contributed by atoms with Gasteiger partial charge in [-0.15, -0.1) is 0 Å². The molecule has 4 rings (SSSR count). The van der Waals surface area contributed by atoms with E-state index < -0.39 is 7.32 Å². The van der Waals surface area contributed by atoms with Crippen LogP contribution < -0.4 is 4.65 Å². The van der Waals surface area contributed by atoms with E-state index >= 15 is 0 Å². The van der Waals surface area contributed by atoms with E-state index in [9.17, 15) is 0 Å². The van der Waals surface area contributed by atoms with Gasteiger partial charge in [0, 0.05) is 10.8 Å². The van der Waals surface area contributed by atoms with Gasteiger partial charge in [-0.2, -0.15) is 0 Å². The molecule has 0 unspecified atom stereocenters. The molecule has 0 atom stereocenters. The Morgan fingerprint density at radius 1 is 0.700 bits per heavy atom. The van der Waals surface area contributed by atoms with E-state index in [4.69, 9.17) is 14.7 Å². The molecule has 4 aromatic carbocycles. The molecular formula is C16H11BO3. The van der Waals surface area contributed by atoms with Crippen LogP contribution in [0.1, 0.15) is 0 Å². The first-order valence-corrected chi connectivity index (χ1v) is 6.43. The highest BCUT2D eigenvalue weighted by atomic mass is 16.6. The van der Waals surface area contributed by atoms with E-state index in [1.807, 2.05) is 24.3 Å². The van der Waals surface area contributed by atoms with E-state index in [1.165, 1.54) is 16.2 Å². The van der Waals surface area contributed by atoms with Crippen LogP contribution in [0.3, 0.4) is 0 Å². The summed E-state index contributed by atoms with van der Waals surface area (Å²) in [6.07, 6.45) is 0. The maximum absolute atomic E-state index is 9.04. The van der Waals surface area contributed by atoms with E-state index in [0.717, 1.165) is 16.2 Å². The Morgan fingerprint density at radius 2 is 1.30 bits per heavy atom. The summed E-state index contributed by atoms with van der Waals surface area (Å²) in [6.45, 7) is 0. The largest absolute Gasteiger partial charge is 0.707 e. The molecule has 0 radical (unpaired) electrons. The molecule has 0 aromatic heterocycles. The predicted octanol–water partition coefficient (Wildman–Crippen LogP) is 2.93. The first-order chi connectivity index (χ1) is 9.74. The van der Waals surface area contributed by atoms with Gasteiger partial charge in [-0.25, -0.2) is 0 Å². The second-order valence-corrected chi connectivity index (χ2v) is 4.86. The summed E-state index contributed by atoms with van der Waals surface area (Å²) >= 11 is 0. The van der Waals surface area contributed by atoms with Gasteiger partial charge in [0.2, 0.25) is 0 Å². The van der Waals surface area contributed by atoms with Crippen molar-refractivity contribution in [1.82, 2.24) is 0 Å². The van der Waals surface area contributed by atoms with E-state index in [-0.39, 0.29) is 0 Å². The molecule has 0 fully saturated rings. The quantitative estimate of drug-likeness (QED) is 0.431. The molecule has 0 aliphatic rings. The smallest absolute Gasteiger partial charge is 0.512 e. The topological polar surface area (TPSA) is 49.7 Å². The predicted molar refractivity (Wildman–Crippen MR) is 81.0 cm³/mol. The fourth-order valence-corrected chi connectivity index (χ4v) is 2.92. The molecule has 0 spiro atoms. The van der Waals surface area contributed by atoms with Crippen LogP contribution in [0.4, 0.5) is 0 Å². The Kier molecular flexibility index (Phi) is 2.36. The van der Waals surface area contributed by atoms with Crippen molar-refractivity contribution < 1.29 is 14.7 Å². The lowest BCUT2D eigenvalue weighted by molar-refractivity contribution is 0.289. The lowest BCUT2D eigenvalue weighted by atomic mass is 9.94. The van der Waals surface area contributed by atoms with Gasteiger partial charge in [0.1, 0.15) is 5.75 Å². The van der Waals surface area contributed by atoms with Crippen LogP contribution in [-0.2, 0) is 0 Å². The molecular weight excluding hydrogens is 251 g/mol. The van der Waals surface area contributed by atoms with E-state index in [2.05, 4.69) is 24.3 Å². The van der Waals surface area contributed by atoms with Crippen LogP contribution in [0.5, 0.6) is 5.75 Å². The zero-order chi connectivity index (χ0) is 13.7. The molecule has 20 heavy (non-hydrogen) atoms. The minimum atomic E-state index is -1.81. The van der Waals surface area contributed by atoms with Crippen LogP contribution in [0, 0.1) is 0 Å². The Bertz CT molecular complexity index is 902. The van der Waals surface area contributed by atoms with Crippen molar-refractivity contribution in [1.29, 1.82) is 0 Å². The lowest BCUT2D eigenvalue weighted by Crippen LogP contribution is -2.20. The SMILES string of the molecule is OB(O)Oc1ccc2ccc3cccc4ccc1c2c34. The zero-order valence-corrected chi connectivity index (χ0v) is 10.6. The Balaban J connectivity index is 2.20. The number of rotatable bonds is 2. The van der Waals surface area contributed by atoms with Gasteiger partial charge in [-0.05, 0) is 27.6 Å². The summed E-state index contributed by atoms with van der Waals surface area (Å²) in [5, 5.41) is 24.7. The summed E-state index contributed by atoms with van der Waals surface area (Å²) in [7, 11) is -1.81. The fraction of sp³-hybridized carbons (Fsp3) is 0. The molecule has 0 aliphatic heterocycles. The molecule has 96 valence electrons. The number of hydrogen-bond donors (Lipinski definition) is 2. The van der Waals surface area contributed by atoms with Crippen molar-refractivity contribution in [2.45, 2.75) is 0 Å². The lowest BCUT2D eigenvalue weighted by Gasteiger charge is -2.14. The van der Waals surface area contributed by atoms with Crippen molar-refractivity contribution in [3.8, 4) is 5.75 Å². The molecule has 0 amide bonds. The van der Waals surface area contributed by atoms with Gasteiger partial charge in [-0.3, -0.25) is 0 Å². The number of benzene rings is 4. The third-order valence-electron chi connectivity index (χ3n) is 3.72. The molecule has 0 heterocycles. The molecule has 4 aromatic rings. The molecule has 0 aliphatic carbocycles. The van der Waals surface area contributed by atoms with Gasteiger partial charge in [0.25, 0.3) is 0 Å². The normalized spacial score (nSPS) is 11.5. The highest BCUT2D eigenvalue weighted by Crippen LogP contribution is 2.38. The maximum Gasteiger partial charge on any atom is 0.707 e. The summed E-state index contributed by atoms with van der Waals surface area (Å²) in [5.41, 5.74) is 0. The average molecular weight is 262 g/mol. The van der Waals surface area contributed by atoms with Crippen LogP contribution in [-0.4, -0.2) is 17.4 Å². The minimum Gasteiger partial charge on any atom is -0.512 e. The molecule has 0 bridgehead atoms. The van der Waals surface area contributed by atoms with Gasteiger partial charge in [0.15, 0.2) is 0 Å². The molecule has 0 saturated carbocycles. The summed E-state index contributed by atoms with van der Waals surface area (Å²) in [4.78, 5) is 0. The summed E-state index contributed by atoms with van der Waals surface area (Å²) < 4.78 is 5.08. The van der Waals surface area contributed by atoms with Crippen molar-refractivity contribution >= 4 is 39.6 Å². The Hall–Kier alpha value is -2.30. The third-order valence-corrected chi connectivity index (χ3v) is 3.72. The van der Waals surface area contributed by atoms with Gasteiger partial charge >= 0.3 is 7.32 Å². The van der Waals surface area contributed by atoms with Gasteiger partial charge < -0.3 is 14.7 Å². The highest BCUT2D eigenvalue weighted by molar-refractivity contribution is 6.34. The van der Waals surface area contributed by atoms with Crippen molar-refractivity contribution in [3.05, 3.63) is 54.6 Å². The van der Waals surface area contributed by atoms with Crippen LogP contribution in [0.25, 0.3) is 32.3 Å². The first-order valence-electron chi connectivity index (χ1n) is 6.43. The van der Waals surface area contributed by atoms with Crippen molar-refractivity contribution in [3.63, 3.8) is 0 Å². The van der Waals surface area contributed by atoms with Crippen LogP contribution in [0.15, 0.2) is 54.6 Å². The summed E-state index contributed by atoms with van der Waals surface area (Å²) in [5.74, 6) is 0.478. The van der Waals surface area contributed by atoms with Crippen molar-refractivity contribution in [2.24, 2.45) is 0 Å². The van der Waals surface area contributed by atoms with Gasteiger partial charge in [-0.1, -0.05) is 48.5 Å². The highest BCUT2D eigenvalue weighted by Gasteiger charge is 2.16. The van der Waals surface area contributed by atoms with Crippen LogP contribution in [0.2, 0.25) is 0 Å². The molecule has 2 N–H and O–H groups in total. The third kappa shape index (κ3) is 1.56. The van der Waals surface area contributed by atoms with Crippen molar-refractivity contribution in [2.75, 3.05) is 0 Å². The molecule has 3 nitrogen and oxygen atoms in total. The monoisotopic (exact) mass is 262 g/mol. The second kappa shape index (κ2) is 4.10. The zero-order valence-electron chi connectivity index (χ0n) is 10.6. The Labute approximate surface area is 115 Å². The molecule has 4 heteroatoms.